The summed E-state index contributed by atoms with van der Waals surface area (Å²) in [5.74, 6) is 1.18. The van der Waals surface area contributed by atoms with Gasteiger partial charge in [-0.1, -0.05) is 24.3 Å². The van der Waals surface area contributed by atoms with Crippen molar-refractivity contribution >= 4 is 11.8 Å². The second kappa shape index (κ2) is 9.04. The molecule has 0 radical (unpaired) electrons. The Morgan fingerprint density at radius 1 is 1.07 bits per heavy atom. The molecule has 0 saturated carbocycles. The Kier molecular flexibility index (Phi) is 6.41. The van der Waals surface area contributed by atoms with Gasteiger partial charge in [0, 0.05) is 38.6 Å². The predicted molar refractivity (Wildman–Crippen MR) is 115 cm³/mol. The number of ether oxygens (including phenoxy) is 1. The quantitative estimate of drug-likeness (QED) is 0.715. The summed E-state index contributed by atoms with van der Waals surface area (Å²) in [6.07, 6.45) is 0. The van der Waals surface area contributed by atoms with Crippen LogP contribution < -0.4 is 0 Å². The summed E-state index contributed by atoms with van der Waals surface area (Å²) in [7, 11) is 3.88. The Labute approximate surface area is 179 Å². The van der Waals surface area contributed by atoms with Gasteiger partial charge in [-0.3, -0.25) is 14.5 Å². The minimum atomic E-state index is 0.0899. The van der Waals surface area contributed by atoms with Crippen LogP contribution >= 0.6 is 0 Å². The second-order valence-electron chi connectivity index (χ2n) is 9.20. The van der Waals surface area contributed by atoms with Gasteiger partial charge in [-0.05, 0) is 38.1 Å². The van der Waals surface area contributed by atoms with Gasteiger partial charge in [-0.2, -0.15) is 0 Å². The van der Waals surface area contributed by atoms with E-state index in [2.05, 4.69) is 41.0 Å². The average Bonchev–Trinajstić information content (AvgIpc) is 3.26. The van der Waals surface area contributed by atoms with Gasteiger partial charge in [0.1, 0.15) is 0 Å². The molecule has 3 saturated heterocycles. The third-order valence-corrected chi connectivity index (χ3v) is 6.74. The van der Waals surface area contributed by atoms with E-state index in [1.165, 1.54) is 11.1 Å². The van der Waals surface area contributed by atoms with Gasteiger partial charge in [-0.25, -0.2) is 0 Å². The zero-order chi connectivity index (χ0) is 21.3. The van der Waals surface area contributed by atoms with Crippen molar-refractivity contribution in [3.05, 3.63) is 35.4 Å². The van der Waals surface area contributed by atoms with Crippen molar-refractivity contribution in [1.29, 1.82) is 0 Å². The van der Waals surface area contributed by atoms with Crippen LogP contribution in [0.1, 0.15) is 17.2 Å². The molecule has 30 heavy (non-hydrogen) atoms. The number of benzene rings is 1. The summed E-state index contributed by atoms with van der Waals surface area (Å²) < 4.78 is 5.37. The van der Waals surface area contributed by atoms with E-state index in [4.69, 9.17) is 4.74 Å². The number of morpholine rings is 1. The lowest BCUT2D eigenvalue weighted by Crippen LogP contribution is -2.46. The molecule has 0 unspecified atom stereocenters. The molecule has 3 aliphatic rings. The van der Waals surface area contributed by atoms with Crippen LogP contribution in [-0.2, 0) is 14.3 Å². The van der Waals surface area contributed by atoms with Crippen molar-refractivity contribution < 1.29 is 14.3 Å². The first kappa shape index (κ1) is 21.3. The number of carbonyl (C=O) groups excluding carboxylic acids is 2. The minimum absolute atomic E-state index is 0.0899. The molecule has 0 spiro atoms. The number of rotatable bonds is 5. The predicted octanol–water partition coefficient (Wildman–Crippen LogP) is 0.847. The van der Waals surface area contributed by atoms with Gasteiger partial charge in [-0.15, -0.1) is 0 Å². The van der Waals surface area contributed by atoms with E-state index in [-0.39, 0.29) is 17.9 Å². The van der Waals surface area contributed by atoms with Gasteiger partial charge >= 0.3 is 0 Å². The first-order valence-corrected chi connectivity index (χ1v) is 11.0. The Morgan fingerprint density at radius 3 is 2.50 bits per heavy atom. The molecule has 0 aromatic heterocycles. The standard InChI is InChI=1S/C23H34N4O3/c1-17-6-4-5-7-19(17)23-20-14-25(16-21(28)26-8-10-30-11-9-26)12-18(20)13-27(23)22(29)15-24(2)3/h4-7,18,20,23H,8-16H2,1-3H3/t18-,20-,23+/m1/s1. The van der Waals surface area contributed by atoms with Crippen molar-refractivity contribution in [2.75, 3.05) is 73.1 Å². The number of hydrogen-bond acceptors (Lipinski definition) is 5. The van der Waals surface area contributed by atoms with Crippen LogP contribution in [0.3, 0.4) is 0 Å². The third kappa shape index (κ3) is 4.38. The Morgan fingerprint density at radius 2 is 1.80 bits per heavy atom. The molecule has 0 bridgehead atoms. The van der Waals surface area contributed by atoms with Crippen molar-refractivity contribution in [1.82, 2.24) is 19.6 Å². The highest BCUT2D eigenvalue weighted by atomic mass is 16.5. The lowest BCUT2D eigenvalue weighted by Gasteiger charge is -2.32. The zero-order valence-corrected chi connectivity index (χ0v) is 18.4. The maximum Gasteiger partial charge on any atom is 0.237 e. The normalized spacial score (nSPS) is 27.0. The largest absolute Gasteiger partial charge is 0.378 e. The monoisotopic (exact) mass is 414 g/mol. The smallest absolute Gasteiger partial charge is 0.237 e. The zero-order valence-electron chi connectivity index (χ0n) is 18.4. The SMILES string of the molecule is Cc1ccccc1[C@H]1[C@@H]2CN(CC(=O)N3CCOCC3)C[C@@H]2CN1C(=O)CN(C)C. The van der Waals surface area contributed by atoms with E-state index in [0.29, 0.717) is 51.2 Å². The molecule has 3 aliphatic heterocycles. The third-order valence-electron chi connectivity index (χ3n) is 6.74. The minimum Gasteiger partial charge on any atom is -0.378 e. The molecule has 7 heteroatoms. The number of carbonyl (C=O) groups is 2. The highest BCUT2D eigenvalue weighted by Gasteiger charge is 2.49. The van der Waals surface area contributed by atoms with Crippen LogP contribution in [0.25, 0.3) is 0 Å². The second-order valence-corrected chi connectivity index (χ2v) is 9.20. The van der Waals surface area contributed by atoms with Gasteiger partial charge in [0.25, 0.3) is 0 Å². The number of fused-ring (bicyclic) bond motifs is 1. The molecule has 4 rings (SSSR count). The van der Waals surface area contributed by atoms with Crippen molar-refractivity contribution in [3.63, 3.8) is 0 Å². The first-order valence-electron chi connectivity index (χ1n) is 11.0. The number of likely N-dealkylation sites (tertiary alicyclic amines) is 2. The summed E-state index contributed by atoms with van der Waals surface area (Å²) in [5, 5.41) is 0. The maximum absolute atomic E-state index is 13.0. The molecule has 3 heterocycles. The molecule has 3 fully saturated rings. The lowest BCUT2D eigenvalue weighted by atomic mass is 9.87. The summed E-state index contributed by atoms with van der Waals surface area (Å²) in [5.41, 5.74) is 2.48. The average molecular weight is 415 g/mol. The Hall–Kier alpha value is -1.96. The van der Waals surface area contributed by atoms with Crippen LogP contribution in [0.5, 0.6) is 0 Å². The number of nitrogens with zero attached hydrogens (tertiary/aromatic N) is 4. The summed E-state index contributed by atoms with van der Waals surface area (Å²) in [6, 6.07) is 8.51. The van der Waals surface area contributed by atoms with Crippen LogP contribution in [0, 0.1) is 18.8 Å². The fourth-order valence-electron chi connectivity index (χ4n) is 5.31. The molecular formula is C23H34N4O3. The van der Waals surface area contributed by atoms with Crippen molar-refractivity contribution in [2.45, 2.75) is 13.0 Å². The first-order chi connectivity index (χ1) is 14.4. The van der Waals surface area contributed by atoms with E-state index in [9.17, 15) is 9.59 Å². The van der Waals surface area contributed by atoms with Crippen LogP contribution in [0.2, 0.25) is 0 Å². The van der Waals surface area contributed by atoms with E-state index in [1.54, 1.807) is 0 Å². The Balaban J connectivity index is 1.49. The number of hydrogen-bond donors (Lipinski definition) is 0. The van der Waals surface area contributed by atoms with E-state index < -0.39 is 0 Å². The van der Waals surface area contributed by atoms with Gasteiger partial charge < -0.3 is 19.4 Å². The highest BCUT2D eigenvalue weighted by Crippen LogP contribution is 2.45. The summed E-state index contributed by atoms with van der Waals surface area (Å²) in [6.45, 7) is 8.21. The fraction of sp³-hybridized carbons (Fsp3) is 0.652. The molecule has 164 valence electrons. The molecule has 1 aromatic carbocycles. The van der Waals surface area contributed by atoms with Crippen molar-refractivity contribution in [3.8, 4) is 0 Å². The van der Waals surface area contributed by atoms with Crippen molar-refractivity contribution in [2.24, 2.45) is 11.8 Å². The van der Waals surface area contributed by atoms with Crippen LogP contribution in [0.4, 0.5) is 0 Å². The van der Waals surface area contributed by atoms with Gasteiger partial charge in [0.2, 0.25) is 11.8 Å². The molecule has 1 aromatic rings. The van der Waals surface area contributed by atoms with Gasteiger partial charge in [0.15, 0.2) is 0 Å². The molecule has 3 atom stereocenters. The van der Waals surface area contributed by atoms with Gasteiger partial charge in [0.05, 0.1) is 32.3 Å². The molecular weight excluding hydrogens is 380 g/mol. The summed E-state index contributed by atoms with van der Waals surface area (Å²) in [4.78, 5) is 34.0. The van der Waals surface area contributed by atoms with E-state index >= 15 is 0 Å². The highest BCUT2D eigenvalue weighted by molar-refractivity contribution is 5.80. The molecule has 2 amide bonds. The van der Waals surface area contributed by atoms with E-state index in [1.807, 2.05) is 23.9 Å². The lowest BCUT2D eigenvalue weighted by molar-refractivity contribution is -0.137. The number of amides is 2. The molecule has 0 aliphatic carbocycles. The van der Waals surface area contributed by atoms with Crippen LogP contribution in [0.15, 0.2) is 24.3 Å². The molecule has 0 N–H and O–H groups in total. The fourth-order valence-corrected chi connectivity index (χ4v) is 5.31. The number of likely N-dealkylation sites (N-methyl/N-ethyl adjacent to an activating group) is 1. The molecule has 7 nitrogen and oxygen atoms in total. The number of aryl methyl sites for hydroxylation is 1. The van der Waals surface area contributed by atoms with Crippen LogP contribution in [-0.4, -0.2) is 105 Å². The summed E-state index contributed by atoms with van der Waals surface area (Å²) >= 11 is 0. The Bertz CT molecular complexity index is 777. The topological polar surface area (TPSA) is 56.3 Å². The van der Waals surface area contributed by atoms with E-state index in [0.717, 1.165) is 19.6 Å². The maximum atomic E-state index is 13.0.